The van der Waals surface area contributed by atoms with Crippen molar-refractivity contribution in [1.82, 2.24) is 15.5 Å². The number of rotatable bonds is 8. The van der Waals surface area contributed by atoms with Crippen molar-refractivity contribution in [2.75, 3.05) is 33.8 Å². The summed E-state index contributed by atoms with van der Waals surface area (Å²) in [4.78, 5) is 17.6. The van der Waals surface area contributed by atoms with E-state index in [4.69, 9.17) is 15.2 Å². The zero-order valence-electron chi connectivity index (χ0n) is 18.2. The summed E-state index contributed by atoms with van der Waals surface area (Å²) in [6.07, 6.45) is 6.88. The fraction of sp³-hybridized carbons (Fsp3) is 0.636. The topological polar surface area (TPSA) is 101 Å². The van der Waals surface area contributed by atoms with Crippen molar-refractivity contribution in [3.8, 4) is 11.5 Å². The van der Waals surface area contributed by atoms with Crippen molar-refractivity contribution in [2.45, 2.75) is 57.2 Å². The van der Waals surface area contributed by atoms with Crippen LogP contribution in [0, 0.1) is 0 Å². The largest absolute Gasteiger partial charge is 0.497 e. The minimum atomic E-state index is -0.269. The Labute approximate surface area is 179 Å². The number of hydrogen-bond acceptors (Lipinski definition) is 5. The standard InChI is InChI=1S/C22H35N5O3/c1-24-22(26-17-9-11-27(12-10-17)15-21(23)28)25-14-16-7-8-19(29-2)13-20(16)30-18-5-3-4-6-18/h7-8,13,17-18H,3-6,9-12,14-15H2,1-2H3,(H2,23,28)(H2,24,25,26). The van der Waals surface area contributed by atoms with Crippen LogP contribution in [0.15, 0.2) is 23.2 Å². The fourth-order valence-corrected chi connectivity index (χ4v) is 4.13. The number of carbonyl (C=O) groups excluding carboxylic acids is 1. The first-order valence-corrected chi connectivity index (χ1v) is 10.9. The maximum atomic E-state index is 11.1. The molecule has 0 unspecified atom stereocenters. The number of nitrogens with zero attached hydrogens (tertiary/aromatic N) is 2. The molecular formula is C22H35N5O3. The van der Waals surface area contributed by atoms with E-state index in [1.807, 2.05) is 18.2 Å². The Kier molecular flexibility index (Phi) is 8.19. The number of aliphatic imine (C=N–C) groups is 1. The number of likely N-dealkylation sites (tertiary alicyclic amines) is 1. The number of amides is 1. The molecule has 1 aliphatic carbocycles. The number of benzene rings is 1. The lowest BCUT2D eigenvalue weighted by atomic mass is 10.1. The van der Waals surface area contributed by atoms with Crippen LogP contribution in [0.1, 0.15) is 44.1 Å². The maximum absolute atomic E-state index is 11.1. The van der Waals surface area contributed by atoms with Crippen LogP contribution in [0.2, 0.25) is 0 Å². The van der Waals surface area contributed by atoms with Gasteiger partial charge < -0.3 is 25.8 Å². The molecule has 30 heavy (non-hydrogen) atoms. The molecule has 0 bridgehead atoms. The molecular weight excluding hydrogens is 382 g/mol. The molecule has 1 amide bonds. The summed E-state index contributed by atoms with van der Waals surface area (Å²) in [5, 5.41) is 6.90. The van der Waals surface area contributed by atoms with E-state index >= 15 is 0 Å². The summed E-state index contributed by atoms with van der Waals surface area (Å²) in [5.74, 6) is 2.18. The molecule has 166 valence electrons. The molecule has 1 saturated carbocycles. The molecule has 0 aromatic heterocycles. The molecule has 2 fully saturated rings. The smallest absolute Gasteiger partial charge is 0.231 e. The molecule has 1 aromatic carbocycles. The summed E-state index contributed by atoms with van der Waals surface area (Å²) in [6, 6.07) is 6.31. The highest BCUT2D eigenvalue weighted by atomic mass is 16.5. The predicted octanol–water partition coefficient (Wildman–Crippen LogP) is 1.63. The molecule has 3 rings (SSSR count). The van der Waals surface area contributed by atoms with Crippen LogP contribution in [0.25, 0.3) is 0 Å². The third-order valence-corrected chi connectivity index (χ3v) is 5.85. The monoisotopic (exact) mass is 417 g/mol. The van der Waals surface area contributed by atoms with Crippen LogP contribution >= 0.6 is 0 Å². The lowest BCUT2D eigenvalue weighted by Gasteiger charge is -2.32. The van der Waals surface area contributed by atoms with Gasteiger partial charge in [-0.3, -0.25) is 14.7 Å². The van der Waals surface area contributed by atoms with E-state index in [0.717, 1.165) is 61.8 Å². The number of methoxy groups -OCH3 is 1. The van der Waals surface area contributed by atoms with Crippen molar-refractivity contribution in [2.24, 2.45) is 10.7 Å². The number of ether oxygens (including phenoxy) is 2. The average Bonchev–Trinajstić information content (AvgIpc) is 3.25. The third kappa shape index (κ3) is 6.52. The normalized spacial score (nSPS) is 18.9. The highest BCUT2D eigenvalue weighted by molar-refractivity contribution is 5.80. The minimum absolute atomic E-state index is 0.269. The molecule has 2 aliphatic rings. The fourth-order valence-electron chi connectivity index (χ4n) is 4.13. The van der Waals surface area contributed by atoms with Crippen LogP contribution in [0.5, 0.6) is 11.5 Å². The van der Waals surface area contributed by atoms with Crippen molar-refractivity contribution in [1.29, 1.82) is 0 Å². The van der Waals surface area contributed by atoms with Gasteiger partial charge in [-0.1, -0.05) is 0 Å². The number of nitrogens with one attached hydrogen (secondary N) is 2. The second-order valence-electron chi connectivity index (χ2n) is 8.08. The van der Waals surface area contributed by atoms with Gasteiger partial charge in [-0.05, 0) is 50.7 Å². The Bertz CT molecular complexity index is 725. The molecule has 1 saturated heterocycles. The van der Waals surface area contributed by atoms with E-state index in [0.29, 0.717) is 25.2 Å². The Morgan fingerprint density at radius 1 is 1.23 bits per heavy atom. The van der Waals surface area contributed by atoms with Gasteiger partial charge in [-0.25, -0.2) is 0 Å². The second kappa shape index (κ2) is 11.1. The predicted molar refractivity (Wildman–Crippen MR) is 118 cm³/mol. The molecule has 8 heteroatoms. The van der Waals surface area contributed by atoms with E-state index < -0.39 is 0 Å². The summed E-state index contributed by atoms with van der Waals surface area (Å²) >= 11 is 0. The van der Waals surface area contributed by atoms with Gasteiger partial charge in [0.25, 0.3) is 0 Å². The van der Waals surface area contributed by atoms with Crippen LogP contribution in [-0.2, 0) is 11.3 Å². The van der Waals surface area contributed by atoms with E-state index in [9.17, 15) is 4.79 Å². The van der Waals surface area contributed by atoms with Gasteiger partial charge in [0.15, 0.2) is 5.96 Å². The first-order chi connectivity index (χ1) is 14.6. The molecule has 0 atom stereocenters. The zero-order chi connectivity index (χ0) is 21.3. The molecule has 1 aliphatic heterocycles. The quantitative estimate of drug-likeness (QED) is 0.439. The lowest BCUT2D eigenvalue weighted by Crippen LogP contribution is -2.49. The second-order valence-corrected chi connectivity index (χ2v) is 8.08. The number of primary amides is 1. The number of hydrogen-bond donors (Lipinski definition) is 3. The van der Waals surface area contributed by atoms with Crippen molar-refractivity contribution in [3.05, 3.63) is 23.8 Å². The van der Waals surface area contributed by atoms with Crippen molar-refractivity contribution >= 4 is 11.9 Å². The van der Waals surface area contributed by atoms with Gasteiger partial charge in [0.1, 0.15) is 11.5 Å². The first kappa shape index (κ1) is 22.2. The lowest BCUT2D eigenvalue weighted by molar-refractivity contribution is -0.119. The maximum Gasteiger partial charge on any atom is 0.231 e. The first-order valence-electron chi connectivity index (χ1n) is 10.9. The van der Waals surface area contributed by atoms with Crippen molar-refractivity contribution < 1.29 is 14.3 Å². The molecule has 4 N–H and O–H groups in total. The average molecular weight is 418 g/mol. The molecule has 0 spiro atoms. The van der Waals surface area contributed by atoms with Crippen LogP contribution < -0.4 is 25.8 Å². The van der Waals surface area contributed by atoms with E-state index in [2.05, 4.69) is 20.5 Å². The van der Waals surface area contributed by atoms with Crippen LogP contribution in [0.4, 0.5) is 0 Å². The number of nitrogens with two attached hydrogens (primary N) is 1. The summed E-state index contributed by atoms with van der Waals surface area (Å²) < 4.78 is 11.7. The van der Waals surface area contributed by atoms with Gasteiger partial charge in [-0.15, -0.1) is 0 Å². The van der Waals surface area contributed by atoms with Crippen LogP contribution in [0.3, 0.4) is 0 Å². The minimum Gasteiger partial charge on any atom is -0.497 e. The van der Waals surface area contributed by atoms with Gasteiger partial charge in [0.2, 0.25) is 5.91 Å². The van der Waals surface area contributed by atoms with Gasteiger partial charge in [0, 0.05) is 44.4 Å². The van der Waals surface area contributed by atoms with E-state index in [1.165, 1.54) is 12.8 Å². The third-order valence-electron chi connectivity index (χ3n) is 5.85. The molecule has 1 aromatic rings. The summed E-state index contributed by atoms with van der Waals surface area (Å²) in [6.45, 7) is 2.66. The van der Waals surface area contributed by atoms with E-state index in [1.54, 1.807) is 14.2 Å². The number of carbonyl (C=O) groups is 1. The Hall–Kier alpha value is -2.48. The van der Waals surface area contributed by atoms with Gasteiger partial charge in [-0.2, -0.15) is 0 Å². The number of piperidine rings is 1. The van der Waals surface area contributed by atoms with E-state index in [-0.39, 0.29) is 5.91 Å². The van der Waals surface area contributed by atoms with Gasteiger partial charge in [0.05, 0.1) is 19.8 Å². The highest BCUT2D eigenvalue weighted by Gasteiger charge is 2.21. The number of guanidine groups is 1. The van der Waals surface area contributed by atoms with Crippen molar-refractivity contribution in [3.63, 3.8) is 0 Å². The molecule has 1 heterocycles. The highest BCUT2D eigenvalue weighted by Crippen LogP contribution is 2.30. The molecule has 0 radical (unpaired) electrons. The summed E-state index contributed by atoms with van der Waals surface area (Å²) in [5.41, 5.74) is 6.38. The molecule has 8 nitrogen and oxygen atoms in total. The Balaban J connectivity index is 1.53. The van der Waals surface area contributed by atoms with Crippen LogP contribution in [-0.4, -0.2) is 62.7 Å². The Morgan fingerprint density at radius 3 is 2.60 bits per heavy atom. The SMILES string of the molecule is CN=C(NCc1ccc(OC)cc1OC1CCCC1)NC1CCN(CC(N)=O)CC1. The van der Waals surface area contributed by atoms with Gasteiger partial charge >= 0.3 is 0 Å². The summed E-state index contributed by atoms with van der Waals surface area (Å²) in [7, 11) is 3.45. The Morgan fingerprint density at radius 2 is 1.97 bits per heavy atom. The zero-order valence-corrected chi connectivity index (χ0v) is 18.2.